The highest BCUT2D eigenvalue weighted by Gasteiger charge is 2.52. The second-order valence-corrected chi connectivity index (χ2v) is 11.2. The lowest BCUT2D eigenvalue weighted by Gasteiger charge is -2.28. The number of aliphatic hydroxyl groups excluding tert-OH is 1. The molecular formula is C37H37N3O7. The summed E-state index contributed by atoms with van der Waals surface area (Å²) < 4.78 is 10.3. The Morgan fingerprint density at radius 2 is 1.43 bits per heavy atom. The summed E-state index contributed by atoms with van der Waals surface area (Å²) in [5.74, 6) is -0.579. The van der Waals surface area contributed by atoms with Gasteiger partial charge in [0.15, 0.2) is 5.60 Å². The zero-order valence-electron chi connectivity index (χ0n) is 26.4. The van der Waals surface area contributed by atoms with Crippen LogP contribution in [-0.2, 0) is 16.9 Å². The summed E-state index contributed by atoms with van der Waals surface area (Å²) in [5, 5.41) is 27.1. The zero-order chi connectivity index (χ0) is 33.6. The van der Waals surface area contributed by atoms with Crippen LogP contribution in [0.1, 0.15) is 45.2 Å². The van der Waals surface area contributed by atoms with Gasteiger partial charge in [0.05, 0.1) is 26.5 Å². The van der Waals surface area contributed by atoms with Crippen LogP contribution in [-0.4, -0.2) is 48.8 Å². The Bertz CT molecular complexity index is 1790. The van der Waals surface area contributed by atoms with Crippen molar-refractivity contribution in [1.29, 1.82) is 0 Å². The van der Waals surface area contributed by atoms with Crippen molar-refractivity contribution in [3.63, 3.8) is 0 Å². The maximum atomic E-state index is 14.1. The molecule has 4 aromatic rings. The number of benzene rings is 4. The van der Waals surface area contributed by atoms with E-state index in [1.165, 1.54) is 4.90 Å². The first-order valence-corrected chi connectivity index (χ1v) is 15.1. The van der Waals surface area contributed by atoms with Gasteiger partial charge in [-0.05, 0) is 90.8 Å². The van der Waals surface area contributed by atoms with Gasteiger partial charge < -0.3 is 35.2 Å². The highest BCUT2D eigenvalue weighted by Crippen LogP contribution is 2.47. The van der Waals surface area contributed by atoms with Crippen LogP contribution in [0.15, 0.2) is 103 Å². The van der Waals surface area contributed by atoms with Gasteiger partial charge in [0.1, 0.15) is 11.5 Å². The fourth-order valence-corrected chi connectivity index (χ4v) is 5.52. The highest BCUT2D eigenvalue weighted by atomic mass is 16.5. The van der Waals surface area contributed by atoms with E-state index in [4.69, 9.17) is 9.47 Å². The molecule has 5 rings (SSSR count). The summed E-state index contributed by atoms with van der Waals surface area (Å²) in [6, 6.07) is 25.6. The number of anilines is 3. The van der Waals surface area contributed by atoms with Gasteiger partial charge in [-0.3, -0.25) is 14.4 Å². The number of hydrogen-bond donors (Lipinski definition) is 4. The number of methoxy groups -OCH3 is 2. The van der Waals surface area contributed by atoms with E-state index in [1.807, 2.05) is 6.07 Å². The van der Waals surface area contributed by atoms with Crippen LogP contribution in [0.3, 0.4) is 0 Å². The molecule has 10 nitrogen and oxygen atoms in total. The van der Waals surface area contributed by atoms with Crippen molar-refractivity contribution in [2.24, 2.45) is 5.92 Å². The van der Waals surface area contributed by atoms with Crippen molar-refractivity contribution < 1.29 is 34.1 Å². The van der Waals surface area contributed by atoms with Gasteiger partial charge in [0.25, 0.3) is 17.7 Å². The third-order valence-electron chi connectivity index (χ3n) is 8.14. The van der Waals surface area contributed by atoms with Crippen molar-refractivity contribution >= 4 is 34.8 Å². The molecular weight excluding hydrogens is 598 g/mol. The molecule has 3 amide bonds. The molecule has 2 atom stereocenters. The monoisotopic (exact) mass is 635 g/mol. The summed E-state index contributed by atoms with van der Waals surface area (Å²) in [4.78, 5) is 41.5. The maximum absolute atomic E-state index is 14.1. The van der Waals surface area contributed by atoms with Crippen LogP contribution in [0.5, 0.6) is 11.5 Å². The second kappa shape index (κ2) is 14.3. The molecule has 0 bridgehead atoms. The number of nitrogens with zero attached hydrogens (tertiary/aromatic N) is 1. The van der Waals surface area contributed by atoms with E-state index in [1.54, 1.807) is 118 Å². The summed E-state index contributed by atoms with van der Waals surface area (Å²) in [6.45, 7) is 1.78. The largest absolute Gasteiger partial charge is 0.497 e. The number of amides is 3. The van der Waals surface area contributed by atoms with Crippen LogP contribution < -0.4 is 25.0 Å². The fraction of sp³-hybridized carbons (Fsp3) is 0.216. The van der Waals surface area contributed by atoms with Gasteiger partial charge in [0.2, 0.25) is 0 Å². The predicted molar refractivity (Wildman–Crippen MR) is 180 cm³/mol. The van der Waals surface area contributed by atoms with Gasteiger partial charge in [-0.25, -0.2) is 0 Å². The van der Waals surface area contributed by atoms with E-state index in [-0.39, 0.29) is 25.0 Å². The molecule has 242 valence electrons. The minimum atomic E-state index is -1.94. The van der Waals surface area contributed by atoms with Gasteiger partial charge in [0, 0.05) is 40.6 Å². The van der Waals surface area contributed by atoms with E-state index >= 15 is 0 Å². The number of carbonyl (C=O) groups excluding carboxylic acids is 3. The number of aliphatic hydroxyl groups is 2. The summed E-state index contributed by atoms with van der Waals surface area (Å²) >= 11 is 0. The first-order chi connectivity index (χ1) is 22.7. The Morgan fingerprint density at radius 1 is 0.851 bits per heavy atom. The SMILES string of the molecule is COc1ccc(C(=O)Nc2cccc(CN3C(=O)[C@](O)([C@H](C)/C=C/CCO)c4cc(NC(=O)c5ccc(OC)cc5)ccc43)c2)cc1. The minimum Gasteiger partial charge on any atom is -0.497 e. The Labute approximate surface area is 273 Å². The Balaban J connectivity index is 1.42. The lowest BCUT2D eigenvalue weighted by atomic mass is 9.82. The first kappa shape index (κ1) is 32.9. The Hall–Kier alpha value is -5.45. The molecule has 47 heavy (non-hydrogen) atoms. The normalized spacial score (nSPS) is 16.1. The molecule has 0 saturated heterocycles. The van der Waals surface area contributed by atoms with Gasteiger partial charge in [-0.2, -0.15) is 0 Å². The molecule has 0 aromatic heterocycles. The predicted octanol–water partition coefficient (Wildman–Crippen LogP) is 5.52. The molecule has 10 heteroatoms. The second-order valence-electron chi connectivity index (χ2n) is 11.2. The van der Waals surface area contributed by atoms with Crippen molar-refractivity contribution in [2.45, 2.75) is 25.5 Å². The number of nitrogens with one attached hydrogen (secondary N) is 2. The number of fused-ring (bicyclic) bond motifs is 1. The van der Waals surface area contributed by atoms with Crippen LogP contribution in [0.2, 0.25) is 0 Å². The van der Waals surface area contributed by atoms with Crippen LogP contribution in [0.25, 0.3) is 0 Å². The quantitative estimate of drug-likeness (QED) is 0.151. The first-order valence-electron chi connectivity index (χ1n) is 15.1. The average Bonchev–Trinajstić information content (AvgIpc) is 3.30. The molecule has 4 aromatic carbocycles. The average molecular weight is 636 g/mol. The molecule has 0 aliphatic carbocycles. The van der Waals surface area contributed by atoms with E-state index in [2.05, 4.69) is 10.6 Å². The topological polar surface area (TPSA) is 137 Å². The lowest BCUT2D eigenvalue weighted by Crippen LogP contribution is -2.44. The molecule has 0 unspecified atom stereocenters. The summed E-state index contributed by atoms with van der Waals surface area (Å²) in [6.07, 6.45) is 3.81. The van der Waals surface area contributed by atoms with Crippen LogP contribution in [0.4, 0.5) is 17.1 Å². The van der Waals surface area contributed by atoms with E-state index in [9.17, 15) is 24.6 Å². The third kappa shape index (κ3) is 7.04. The lowest BCUT2D eigenvalue weighted by molar-refractivity contribution is -0.139. The number of rotatable bonds is 12. The molecule has 0 saturated carbocycles. The molecule has 1 aliphatic heterocycles. The smallest absolute Gasteiger partial charge is 0.264 e. The van der Waals surface area contributed by atoms with Crippen molar-refractivity contribution in [3.05, 3.63) is 125 Å². The molecule has 0 radical (unpaired) electrons. The van der Waals surface area contributed by atoms with Crippen molar-refractivity contribution in [2.75, 3.05) is 36.4 Å². The molecule has 1 heterocycles. The van der Waals surface area contributed by atoms with Crippen molar-refractivity contribution in [1.82, 2.24) is 0 Å². The third-order valence-corrected chi connectivity index (χ3v) is 8.14. The maximum Gasteiger partial charge on any atom is 0.264 e. The van der Waals surface area contributed by atoms with Crippen LogP contribution in [0, 0.1) is 5.92 Å². The molecule has 4 N–H and O–H groups in total. The number of ether oxygens (including phenoxy) is 2. The minimum absolute atomic E-state index is 0.0643. The zero-order valence-corrected chi connectivity index (χ0v) is 26.4. The summed E-state index contributed by atoms with van der Waals surface area (Å²) in [7, 11) is 3.10. The standard InChI is InChI=1S/C37H37N3O7/c1-24(7-4-5-20-41)37(45)32-22-29(39-35(43)27-12-17-31(47-3)18-13-27)14-19-33(32)40(36(37)44)23-25-8-6-9-28(21-25)38-34(42)26-10-15-30(46-2)16-11-26/h4,6-19,21-22,24,41,45H,5,20,23H2,1-3H3,(H,38,42)(H,39,43)/b7-4+/t24-,37+/m1/s1. The van der Waals surface area contributed by atoms with E-state index < -0.39 is 17.4 Å². The fourth-order valence-electron chi connectivity index (χ4n) is 5.52. The van der Waals surface area contributed by atoms with E-state index in [0.717, 1.165) is 5.56 Å². The highest BCUT2D eigenvalue weighted by molar-refractivity contribution is 6.09. The Morgan fingerprint density at radius 3 is 1.98 bits per heavy atom. The van der Waals surface area contributed by atoms with Gasteiger partial charge >= 0.3 is 0 Å². The van der Waals surface area contributed by atoms with E-state index in [0.29, 0.717) is 51.7 Å². The number of hydrogen-bond acceptors (Lipinski definition) is 7. The number of carbonyl (C=O) groups is 3. The van der Waals surface area contributed by atoms with Crippen molar-refractivity contribution in [3.8, 4) is 11.5 Å². The van der Waals surface area contributed by atoms with Crippen LogP contribution >= 0.6 is 0 Å². The molecule has 0 fully saturated rings. The Kier molecular flexibility index (Phi) is 10.0. The summed E-state index contributed by atoms with van der Waals surface area (Å²) in [5.41, 5.74) is 1.45. The molecule has 0 spiro atoms. The molecule has 1 aliphatic rings. The van der Waals surface area contributed by atoms with Gasteiger partial charge in [-0.15, -0.1) is 0 Å². The van der Waals surface area contributed by atoms with Gasteiger partial charge in [-0.1, -0.05) is 31.2 Å².